The van der Waals surface area contributed by atoms with E-state index in [0.717, 1.165) is 20.8 Å². The molecule has 0 bridgehead atoms. The summed E-state index contributed by atoms with van der Waals surface area (Å²) in [6.07, 6.45) is 0. The third kappa shape index (κ3) is 4.02. The van der Waals surface area contributed by atoms with Crippen molar-refractivity contribution in [3.8, 4) is 10.1 Å². The number of rotatable bonds is 5. The fraction of sp³-hybridized carbons (Fsp3) is 0.105. The van der Waals surface area contributed by atoms with E-state index < -0.39 is 5.97 Å². The van der Waals surface area contributed by atoms with Gasteiger partial charge in [-0.2, -0.15) is 0 Å². The summed E-state index contributed by atoms with van der Waals surface area (Å²) in [4.78, 5) is 20.2. The molecule has 0 aliphatic carbocycles. The number of benzene rings is 2. The first-order valence-corrected chi connectivity index (χ1v) is 10.2. The molecule has 0 fully saturated rings. The topological polar surface area (TPSA) is 54.5 Å². The molecule has 6 heteroatoms. The summed E-state index contributed by atoms with van der Waals surface area (Å²) in [5.41, 5.74) is 3.19. The van der Waals surface area contributed by atoms with Crippen molar-refractivity contribution in [1.82, 2.24) is 4.98 Å². The number of aryl methyl sites for hydroxylation is 1. The van der Waals surface area contributed by atoms with E-state index in [1.54, 1.807) is 18.7 Å². The van der Waals surface area contributed by atoms with Crippen LogP contribution in [0.4, 0.5) is 5.69 Å². The Hall–Kier alpha value is -2.32. The van der Waals surface area contributed by atoms with Gasteiger partial charge in [-0.3, -0.25) is 0 Å². The zero-order valence-electron chi connectivity index (χ0n) is 13.4. The van der Waals surface area contributed by atoms with Crippen molar-refractivity contribution in [1.29, 1.82) is 0 Å². The predicted molar refractivity (Wildman–Crippen MR) is 101 cm³/mol. The van der Waals surface area contributed by atoms with Crippen molar-refractivity contribution < 1.29 is 9.90 Å². The van der Waals surface area contributed by atoms with E-state index in [2.05, 4.69) is 22.0 Å². The molecule has 0 radical (unpaired) electrons. The monoisotopic (exact) mass is 414 g/mol. The van der Waals surface area contributed by atoms with Crippen molar-refractivity contribution >= 4 is 37.9 Å². The molecule has 1 heterocycles. The normalized spacial score (nSPS) is 10.4. The Morgan fingerprint density at radius 3 is 2.68 bits per heavy atom. The molecule has 3 aromatic rings. The van der Waals surface area contributed by atoms with Gasteiger partial charge < -0.3 is 0 Å². The first-order valence-electron chi connectivity index (χ1n) is 7.48. The number of nitrogens with zero attached hydrogens (tertiary/aromatic N) is 2. The molecule has 0 saturated carbocycles. The fourth-order valence-corrected chi connectivity index (χ4v) is 5.14. The second-order valence-electron chi connectivity index (χ2n) is 5.31. The van der Waals surface area contributed by atoms with Crippen LogP contribution in [0.2, 0.25) is 0 Å². The molecule has 1 aromatic heterocycles. The van der Waals surface area contributed by atoms with Gasteiger partial charge in [-0.25, -0.2) is 0 Å². The van der Waals surface area contributed by atoms with Crippen LogP contribution in [0, 0.1) is 13.5 Å². The number of carbonyl (C=O) groups is 1. The van der Waals surface area contributed by atoms with Crippen LogP contribution in [0.3, 0.4) is 0 Å². The fourth-order valence-electron chi connectivity index (χ4n) is 2.31. The Bertz CT molecular complexity index is 961. The van der Waals surface area contributed by atoms with Crippen LogP contribution in [0.25, 0.3) is 15.0 Å². The molecular weight excluding hydrogens is 399 g/mol. The molecule has 0 aliphatic heterocycles. The third-order valence-corrected chi connectivity index (χ3v) is 7.19. The maximum atomic E-state index is 11.2. The molecule has 4 nitrogen and oxygen atoms in total. The van der Waals surface area contributed by atoms with Crippen molar-refractivity contribution in [3.63, 3.8) is 0 Å². The van der Waals surface area contributed by atoms with Gasteiger partial charge in [0.1, 0.15) is 0 Å². The van der Waals surface area contributed by atoms with Crippen molar-refractivity contribution in [2.45, 2.75) is 17.6 Å². The van der Waals surface area contributed by atoms with Crippen molar-refractivity contribution in [3.05, 3.63) is 75.6 Å². The molecule has 2 aromatic carbocycles. The van der Waals surface area contributed by atoms with Crippen LogP contribution in [0.1, 0.15) is 20.5 Å². The molecular formula is C19H14N2O2SSe. The summed E-state index contributed by atoms with van der Waals surface area (Å²) in [6.45, 7) is 9.18. The molecule has 0 aliphatic rings. The minimum atomic E-state index is -0.906. The summed E-state index contributed by atoms with van der Waals surface area (Å²) >= 11 is 1.30. The molecule has 0 atom stereocenters. The number of aromatic nitrogens is 1. The summed E-state index contributed by atoms with van der Waals surface area (Å²) < 4.78 is 1.15. The number of hydrogen-bond donors (Lipinski definition) is 1. The van der Waals surface area contributed by atoms with Crippen LogP contribution in [0.15, 0.2) is 53.4 Å². The van der Waals surface area contributed by atoms with E-state index >= 15 is 0 Å². The van der Waals surface area contributed by atoms with Gasteiger partial charge in [-0.15, -0.1) is 0 Å². The molecule has 0 amide bonds. The summed E-state index contributed by atoms with van der Waals surface area (Å²) in [7, 11) is 0. The van der Waals surface area contributed by atoms with Crippen LogP contribution in [-0.2, 0) is 5.75 Å². The first-order chi connectivity index (χ1) is 12.1. The number of carboxylic acids is 1. The van der Waals surface area contributed by atoms with E-state index in [1.165, 1.54) is 5.56 Å². The number of aromatic carboxylic acids is 1. The average molecular weight is 413 g/mol. The summed E-state index contributed by atoms with van der Waals surface area (Å²) in [5.74, 6) is -0.103. The van der Waals surface area contributed by atoms with Gasteiger partial charge in [-0.05, 0) is 0 Å². The molecule has 3 rings (SSSR count). The Kier molecular flexibility index (Phi) is 5.40. The van der Waals surface area contributed by atoms with E-state index in [0.29, 0.717) is 15.8 Å². The van der Waals surface area contributed by atoms with Gasteiger partial charge in [0.2, 0.25) is 0 Å². The van der Waals surface area contributed by atoms with E-state index in [1.807, 2.05) is 36.4 Å². The number of hydrogen-bond acceptors (Lipinski definition) is 3. The second-order valence-corrected chi connectivity index (χ2v) is 8.42. The standard InChI is InChI=1S/C19H14N2O2SSe/c1-12-17(19(22)23)25-18(21-12)14-8-9-16(15(10-14)20-2)24-11-13-6-4-3-5-7-13/h3-10H,11H2,1H3,(H,22,23). The molecule has 0 spiro atoms. The van der Waals surface area contributed by atoms with Gasteiger partial charge in [0.05, 0.1) is 0 Å². The molecule has 124 valence electrons. The number of carboxylic acid groups (broad SMARTS) is 1. The Balaban J connectivity index is 1.86. The quantitative estimate of drug-likeness (QED) is 0.376. The van der Waals surface area contributed by atoms with E-state index in [4.69, 9.17) is 6.57 Å². The van der Waals surface area contributed by atoms with Gasteiger partial charge >= 0.3 is 156 Å². The van der Waals surface area contributed by atoms with Gasteiger partial charge in [0.25, 0.3) is 0 Å². The van der Waals surface area contributed by atoms with Crippen LogP contribution >= 0.6 is 11.8 Å². The van der Waals surface area contributed by atoms with Gasteiger partial charge in [0.15, 0.2) is 0 Å². The Morgan fingerprint density at radius 2 is 2.04 bits per heavy atom. The first kappa shape index (κ1) is 17.5. The number of thioether (sulfide) groups is 1. The van der Waals surface area contributed by atoms with Crippen LogP contribution in [0.5, 0.6) is 0 Å². The van der Waals surface area contributed by atoms with Crippen molar-refractivity contribution in [2.24, 2.45) is 0 Å². The van der Waals surface area contributed by atoms with Gasteiger partial charge in [0, 0.05) is 0 Å². The Labute approximate surface area is 156 Å². The summed E-state index contributed by atoms with van der Waals surface area (Å²) in [5, 5.41) is 9.20. The molecule has 1 N–H and O–H groups in total. The van der Waals surface area contributed by atoms with E-state index in [9.17, 15) is 9.90 Å². The summed E-state index contributed by atoms with van der Waals surface area (Å²) in [6, 6.07) is 15.8. The van der Waals surface area contributed by atoms with Gasteiger partial charge in [-0.1, -0.05) is 0 Å². The zero-order valence-corrected chi connectivity index (χ0v) is 15.9. The SMILES string of the molecule is [C-]#[N+]c1cc(-c2nc(C)c(C(=O)O)[se]2)ccc1SCc1ccccc1. The van der Waals surface area contributed by atoms with Crippen LogP contribution < -0.4 is 0 Å². The molecule has 0 saturated heterocycles. The van der Waals surface area contributed by atoms with E-state index in [-0.39, 0.29) is 14.5 Å². The Morgan fingerprint density at radius 1 is 1.28 bits per heavy atom. The maximum absolute atomic E-state index is 11.2. The van der Waals surface area contributed by atoms with Crippen LogP contribution in [-0.4, -0.2) is 30.6 Å². The average Bonchev–Trinajstić information content (AvgIpc) is 3.02. The third-order valence-electron chi connectivity index (χ3n) is 3.55. The molecule has 0 unspecified atom stereocenters. The zero-order chi connectivity index (χ0) is 17.8. The predicted octanol–water partition coefficient (Wildman–Crippen LogP) is 4.66. The molecule has 25 heavy (non-hydrogen) atoms. The second kappa shape index (κ2) is 7.71. The minimum absolute atomic E-state index is 0.325. The van der Waals surface area contributed by atoms with Crippen molar-refractivity contribution in [2.75, 3.05) is 0 Å².